The van der Waals surface area contributed by atoms with Crippen molar-refractivity contribution in [2.75, 3.05) is 18.4 Å². The zero-order valence-electron chi connectivity index (χ0n) is 18.1. The van der Waals surface area contributed by atoms with Gasteiger partial charge in [0, 0.05) is 31.6 Å². The summed E-state index contributed by atoms with van der Waals surface area (Å²) in [4.78, 5) is 35.1. The van der Waals surface area contributed by atoms with Gasteiger partial charge in [-0.1, -0.05) is 42.5 Å². The molecule has 1 N–H and O–H groups in total. The Labute approximate surface area is 192 Å². The Morgan fingerprint density at radius 3 is 2.55 bits per heavy atom. The number of amides is 2. The van der Waals surface area contributed by atoms with Crippen LogP contribution in [0.2, 0.25) is 0 Å². The van der Waals surface area contributed by atoms with Crippen molar-refractivity contribution < 1.29 is 9.59 Å². The van der Waals surface area contributed by atoms with E-state index in [1.54, 1.807) is 48.8 Å². The largest absolute Gasteiger partial charge is 0.338 e. The van der Waals surface area contributed by atoms with Crippen molar-refractivity contribution in [3.8, 4) is 0 Å². The number of carbonyl (C=O) groups excluding carboxylic acids is 2. The first kappa shape index (κ1) is 20.8. The summed E-state index contributed by atoms with van der Waals surface area (Å²) in [6.07, 6.45) is 9.94. The SMILES string of the molecule is O=C(Nc1ccc(/C=C/C(=O)N2CC3C=C(c4ccccc4)CC3C2)cn1)c1ccccn1. The quantitative estimate of drug-likeness (QED) is 0.605. The smallest absolute Gasteiger partial charge is 0.275 e. The average Bonchev–Trinajstić information content (AvgIpc) is 3.44. The third-order valence-corrected chi connectivity index (χ3v) is 6.19. The number of hydrogen-bond donors (Lipinski definition) is 1. The summed E-state index contributed by atoms with van der Waals surface area (Å²) in [5.74, 6) is 1.07. The normalized spacial score (nSPS) is 19.4. The topological polar surface area (TPSA) is 75.2 Å². The first-order valence-corrected chi connectivity index (χ1v) is 11.1. The predicted octanol–water partition coefficient (Wildman–Crippen LogP) is 4.30. The zero-order valence-corrected chi connectivity index (χ0v) is 18.1. The van der Waals surface area contributed by atoms with E-state index in [1.165, 1.54) is 11.1 Å². The van der Waals surface area contributed by atoms with Gasteiger partial charge in [-0.25, -0.2) is 4.98 Å². The second-order valence-electron chi connectivity index (χ2n) is 8.41. The number of allylic oxidation sites excluding steroid dienone is 1. The minimum absolute atomic E-state index is 0.0200. The van der Waals surface area contributed by atoms with Crippen LogP contribution in [0.3, 0.4) is 0 Å². The van der Waals surface area contributed by atoms with E-state index < -0.39 is 0 Å². The van der Waals surface area contributed by atoms with E-state index >= 15 is 0 Å². The molecule has 0 saturated carbocycles. The number of anilines is 1. The fourth-order valence-corrected chi connectivity index (χ4v) is 4.48. The van der Waals surface area contributed by atoms with Gasteiger partial charge in [0.15, 0.2) is 0 Å². The van der Waals surface area contributed by atoms with Gasteiger partial charge in [-0.05, 0) is 65.3 Å². The van der Waals surface area contributed by atoms with Crippen LogP contribution >= 0.6 is 0 Å². The van der Waals surface area contributed by atoms with Gasteiger partial charge in [0.1, 0.15) is 11.5 Å². The molecule has 2 amide bonds. The standard InChI is InChI=1S/C27H24N4O2/c32-26(31-17-22-14-21(15-23(22)18-31)20-6-2-1-3-7-20)12-10-19-9-11-25(29-16-19)30-27(33)24-8-4-5-13-28-24/h1-14,16,22-23H,15,17-18H2,(H,29,30,33)/b12-10+. The summed E-state index contributed by atoms with van der Waals surface area (Å²) in [6, 6.07) is 19.2. The molecule has 0 spiro atoms. The van der Waals surface area contributed by atoms with Crippen LogP contribution in [0.4, 0.5) is 5.82 Å². The number of hydrogen-bond acceptors (Lipinski definition) is 4. The minimum atomic E-state index is -0.314. The first-order valence-electron chi connectivity index (χ1n) is 11.1. The lowest BCUT2D eigenvalue weighted by Gasteiger charge is -2.15. The average molecular weight is 437 g/mol. The van der Waals surface area contributed by atoms with Gasteiger partial charge < -0.3 is 10.2 Å². The second-order valence-corrected chi connectivity index (χ2v) is 8.41. The monoisotopic (exact) mass is 436 g/mol. The highest BCUT2D eigenvalue weighted by Gasteiger charge is 2.37. The molecular weight excluding hydrogens is 412 g/mol. The van der Waals surface area contributed by atoms with Crippen molar-refractivity contribution in [3.05, 3.63) is 102 Å². The predicted molar refractivity (Wildman–Crippen MR) is 128 cm³/mol. The van der Waals surface area contributed by atoms with Crippen LogP contribution in [0.5, 0.6) is 0 Å². The van der Waals surface area contributed by atoms with Crippen LogP contribution in [0.25, 0.3) is 11.6 Å². The molecule has 1 saturated heterocycles. The maximum Gasteiger partial charge on any atom is 0.275 e. The highest BCUT2D eigenvalue weighted by Crippen LogP contribution is 2.40. The third-order valence-electron chi connectivity index (χ3n) is 6.19. The Hall–Kier alpha value is -4.06. The molecule has 0 radical (unpaired) electrons. The molecule has 0 bridgehead atoms. The van der Waals surface area contributed by atoms with Crippen molar-refractivity contribution in [2.45, 2.75) is 6.42 Å². The molecule has 2 atom stereocenters. The maximum absolute atomic E-state index is 12.7. The molecule has 3 aromatic rings. The summed E-state index contributed by atoms with van der Waals surface area (Å²) < 4.78 is 0. The molecule has 6 nitrogen and oxygen atoms in total. The molecule has 5 rings (SSSR count). The van der Waals surface area contributed by atoms with Gasteiger partial charge >= 0.3 is 0 Å². The number of nitrogens with one attached hydrogen (secondary N) is 1. The Kier molecular flexibility index (Phi) is 5.81. The highest BCUT2D eigenvalue weighted by atomic mass is 16.2. The van der Waals surface area contributed by atoms with Gasteiger partial charge in [0.2, 0.25) is 5.91 Å². The van der Waals surface area contributed by atoms with Crippen LogP contribution in [-0.2, 0) is 4.79 Å². The molecule has 2 aromatic heterocycles. The maximum atomic E-state index is 12.7. The molecule has 6 heteroatoms. The van der Waals surface area contributed by atoms with Crippen LogP contribution in [0.15, 0.2) is 85.2 Å². The lowest BCUT2D eigenvalue weighted by atomic mass is 9.98. The Morgan fingerprint density at radius 1 is 0.970 bits per heavy atom. The number of aromatic nitrogens is 2. The van der Waals surface area contributed by atoms with Crippen LogP contribution in [0.1, 0.15) is 28.0 Å². The van der Waals surface area contributed by atoms with E-state index in [1.807, 2.05) is 17.0 Å². The van der Waals surface area contributed by atoms with E-state index in [-0.39, 0.29) is 11.8 Å². The zero-order chi connectivity index (χ0) is 22.6. The highest BCUT2D eigenvalue weighted by molar-refractivity contribution is 6.02. The number of likely N-dealkylation sites (tertiary alicyclic amines) is 1. The molecule has 2 aliphatic rings. The molecule has 164 valence electrons. The lowest BCUT2D eigenvalue weighted by molar-refractivity contribution is -0.125. The van der Waals surface area contributed by atoms with Crippen LogP contribution in [0, 0.1) is 11.8 Å². The summed E-state index contributed by atoms with van der Waals surface area (Å²) >= 11 is 0. The number of pyridine rings is 2. The first-order chi connectivity index (χ1) is 16.2. The Morgan fingerprint density at radius 2 is 1.82 bits per heavy atom. The van der Waals surface area contributed by atoms with E-state index in [0.717, 1.165) is 25.1 Å². The van der Waals surface area contributed by atoms with E-state index in [9.17, 15) is 9.59 Å². The number of benzene rings is 1. The molecule has 33 heavy (non-hydrogen) atoms. The fraction of sp³-hybridized carbons (Fsp3) is 0.185. The summed E-state index contributed by atoms with van der Waals surface area (Å²) in [6.45, 7) is 1.55. The van der Waals surface area contributed by atoms with Gasteiger partial charge in [-0.3, -0.25) is 14.6 Å². The van der Waals surface area contributed by atoms with E-state index in [2.05, 4.69) is 45.6 Å². The fourth-order valence-electron chi connectivity index (χ4n) is 4.48. The lowest BCUT2D eigenvalue weighted by Crippen LogP contribution is -2.27. The van der Waals surface area contributed by atoms with Gasteiger partial charge in [0.05, 0.1) is 0 Å². The Bertz CT molecular complexity index is 1200. The molecule has 1 aliphatic heterocycles. The van der Waals surface area contributed by atoms with Crippen molar-refractivity contribution in [2.24, 2.45) is 11.8 Å². The van der Waals surface area contributed by atoms with E-state index in [0.29, 0.717) is 23.3 Å². The minimum Gasteiger partial charge on any atom is -0.338 e. The van der Waals surface area contributed by atoms with Crippen molar-refractivity contribution in [1.29, 1.82) is 0 Å². The van der Waals surface area contributed by atoms with Crippen molar-refractivity contribution >= 4 is 29.3 Å². The molecule has 3 heterocycles. The van der Waals surface area contributed by atoms with Gasteiger partial charge in [0.25, 0.3) is 5.91 Å². The van der Waals surface area contributed by atoms with Gasteiger partial charge in [-0.2, -0.15) is 0 Å². The number of carbonyl (C=O) groups is 2. The summed E-state index contributed by atoms with van der Waals surface area (Å²) in [7, 11) is 0. The molecule has 2 unspecified atom stereocenters. The number of nitrogens with zero attached hydrogens (tertiary/aromatic N) is 3. The number of rotatable bonds is 5. The molecule has 1 aromatic carbocycles. The molecule has 1 fully saturated rings. The van der Waals surface area contributed by atoms with Crippen molar-refractivity contribution in [3.63, 3.8) is 0 Å². The third kappa shape index (κ3) is 4.75. The summed E-state index contributed by atoms with van der Waals surface area (Å²) in [5, 5.41) is 2.72. The molecular formula is C27H24N4O2. The van der Waals surface area contributed by atoms with Crippen molar-refractivity contribution in [1.82, 2.24) is 14.9 Å². The summed E-state index contributed by atoms with van der Waals surface area (Å²) in [5.41, 5.74) is 3.81. The van der Waals surface area contributed by atoms with E-state index in [4.69, 9.17) is 0 Å². The second kappa shape index (κ2) is 9.20. The molecule has 1 aliphatic carbocycles. The Balaban J connectivity index is 1.16. The van der Waals surface area contributed by atoms with Crippen LogP contribution < -0.4 is 5.32 Å². The van der Waals surface area contributed by atoms with Gasteiger partial charge in [-0.15, -0.1) is 0 Å². The number of fused-ring (bicyclic) bond motifs is 1. The van der Waals surface area contributed by atoms with Crippen LogP contribution in [-0.4, -0.2) is 39.8 Å².